The Morgan fingerprint density at radius 1 is 1.08 bits per heavy atom. The van der Waals surface area contributed by atoms with E-state index in [-0.39, 0.29) is 18.6 Å². The van der Waals surface area contributed by atoms with Crippen LogP contribution >= 0.6 is 0 Å². The number of aryl methyl sites for hydroxylation is 1. The van der Waals surface area contributed by atoms with E-state index in [9.17, 15) is 14.7 Å². The Morgan fingerprint density at radius 3 is 2.44 bits per heavy atom. The van der Waals surface area contributed by atoms with Crippen LogP contribution < -0.4 is 5.32 Å². The summed E-state index contributed by atoms with van der Waals surface area (Å²) < 4.78 is 5.35. The zero-order chi connectivity index (χ0) is 25.5. The van der Waals surface area contributed by atoms with E-state index in [1.807, 2.05) is 69.3 Å². The largest absolute Gasteiger partial charge is 0.458 e. The van der Waals surface area contributed by atoms with Gasteiger partial charge in [-0.3, -0.25) is 4.79 Å². The van der Waals surface area contributed by atoms with Crippen LogP contribution in [0.25, 0.3) is 6.08 Å². The van der Waals surface area contributed by atoms with Crippen molar-refractivity contribution in [1.29, 1.82) is 0 Å². The summed E-state index contributed by atoms with van der Waals surface area (Å²) in [7, 11) is 0. The van der Waals surface area contributed by atoms with E-state index in [1.165, 1.54) is 6.08 Å². The first-order valence-corrected chi connectivity index (χ1v) is 13.2. The van der Waals surface area contributed by atoms with Gasteiger partial charge in [-0.05, 0) is 93.4 Å². The van der Waals surface area contributed by atoms with E-state index in [4.69, 9.17) is 4.74 Å². The quantitative estimate of drug-likeness (QED) is 0.422. The maximum absolute atomic E-state index is 13.6. The van der Waals surface area contributed by atoms with E-state index >= 15 is 0 Å². The van der Waals surface area contributed by atoms with Crippen molar-refractivity contribution in [3.05, 3.63) is 76.9 Å². The molecule has 2 aromatic carbocycles. The molecule has 0 heterocycles. The zero-order valence-corrected chi connectivity index (χ0v) is 21.5. The van der Waals surface area contributed by atoms with E-state index in [0.29, 0.717) is 17.8 Å². The van der Waals surface area contributed by atoms with Crippen molar-refractivity contribution in [3.63, 3.8) is 0 Å². The van der Waals surface area contributed by atoms with Crippen molar-refractivity contribution in [3.8, 4) is 0 Å². The normalized spacial score (nSPS) is 28.9. The van der Waals surface area contributed by atoms with Crippen LogP contribution in [0.4, 0.5) is 0 Å². The summed E-state index contributed by atoms with van der Waals surface area (Å²) in [4.78, 5) is 25.8. The summed E-state index contributed by atoms with van der Waals surface area (Å²) in [5, 5.41) is 14.3. The highest BCUT2D eigenvalue weighted by Gasteiger charge is 2.55. The summed E-state index contributed by atoms with van der Waals surface area (Å²) in [5.74, 6) is 0.981. The number of benzene rings is 2. The third-order valence-corrected chi connectivity index (χ3v) is 8.56. The molecule has 4 aliphatic rings. The topological polar surface area (TPSA) is 75.6 Å². The molecule has 4 saturated carbocycles. The second-order valence-electron chi connectivity index (χ2n) is 11.9. The van der Waals surface area contributed by atoms with Crippen LogP contribution in [-0.4, -0.2) is 28.6 Å². The summed E-state index contributed by atoms with van der Waals surface area (Å²) >= 11 is 0. The molecule has 1 amide bonds. The Morgan fingerprint density at radius 2 is 1.78 bits per heavy atom. The first-order chi connectivity index (χ1) is 17.1. The monoisotopic (exact) mass is 487 g/mol. The predicted molar refractivity (Wildman–Crippen MR) is 140 cm³/mol. The van der Waals surface area contributed by atoms with Gasteiger partial charge in [0.1, 0.15) is 6.61 Å². The maximum atomic E-state index is 13.6. The lowest BCUT2D eigenvalue weighted by Gasteiger charge is -2.58. The molecule has 5 atom stereocenters. The number of carbonyl (C=O) groups excluding carboxylic acids is 2. The minimum absolute atomic E-state index is 0.0229. The number of ether oxygens (including phenoxy) is 1. The van der Waals surface area contributed by atoms with Crippen LogP contribution in [-0.2, 0) is 26.3 Å². The highest BCUT2D eigenvalue weighted by Crippen LogP contribution is 2.55. The van der Waals surface area contributed by atoms with Gasteiger partial charge in [0.15, 0.2) is 0 Å². The fourth-order valence-corrected chi connectivity index (χ4v) is 6.89. The number of rotatable bonds is 7. The van der Waals surface area contributed by atoms with Crippen molar-refractivity contribution >= 4 is 18.0 Å². The summed E-state index contributed by atoms with van der Waals surface area (Å²) in [5.41, 5.74) is 2.51. The molecule has 5 heteroatoms. The van der Waals surface area contributed by atoms with Crippen LogP contribution in [0.2, 0.25) is 0 Å². The standard InChI is InChI=1S/C31H37NO4/c1-20-11-22(9-10-27(33)36-19-21-7-5-4-6-8-21)15-26(12-20)30(2,3)29(34)32-28-24-13-23-14-25(28)18-31(35,16-23)17-24/h4-12,15,23-25,28,35H,13-14,16-19H2,1-3H3,(H,32,34)/b10-9+/t23?,24-,25+,28?,31?. The van der Waals surface area contributed by atoms with Gasteiger partial charge in [0, 0.05) is 12.1 Å². The van der Waals surface area contributed by atoms with Crippen molar-refractivity contribution in [1.82, 2.24) is 5.32 Å². The van der Waals surface area contributed by atoms with E-state index in [0.717, 1.165) is 54.4 Å². The minimum Gasteiger partial charge on any atom is -0.458 e. The van der Waals surface area contributed by atoms with E-state index in [2.05, 4.69) is 5.32 Å². The van der Waals surface area contributed by atoms with Crippen molar-refractivity contribution in [2.24, 2.45) is 17.8 Å². The van der Waals surface area contributed by atoms with Crippen LogP contribution in [0.5, 0.6) is 0 Å². The number of hydrogen-bond donors (Lipinski definition) is 2. The third kappa shape index (κ3) is 5.12. The minimum atomic E-state index is -0.728. The first kappa shape index (κ1) is 24.8. The van der Waals surface area contributed by atoms with Gasteiger partial charge in [-0.25, -0.2) is 4.79 Å². The molecule has 3 unspecified atom stereocenters. The number of esters is 1. The number of carbonyl (C=O) groups is 2. The third-order valence-electron chi connectivity index (χ3n) is 8.56. The fourth-order valence-electron chi connectivity index (χ4n) is 6.89. The van der Waals surface area contributed by atoms with Gasteiger partial charge in [0.05, 0.1) is 11.0 Å². The predicted octanol–water partition coefficient (Wildman–Crippen LogP) is 5.09. The van der Waals surface area contributed by atoms with Crippen molar-refractivity contribution in [2.45, 2.75) is 76.5 Å². The number of amides is 1. The Labute approximate surface area is 213 Å². The molecule has 6 rings (SSSR count). The van der Waals surface area contributed by atoms with Crippen molar-refractivity contribution in [2.75, 3.05) is 0 Å². The molecular weight excluding hydrogens is 450 g/mol. The fraction of sp³-hybridized carbons (Fsp3) is 0.484. The average Bonchev–Trinajstić information content (AvgIpc) is 2.83. The van der Waals surface area contributed by atoms with Gasteiger partial charge in [-0.2, -0.15) is 0 Å². The van der Waals surface area contributed by atoms with Gasteiger partial charge in [0.2, 0.25) is 5.91 Å². The molecule has 2 N–H and O–H groups in total. The molecule has 4 aliphatic carbocycles. The molecule has 5 nitrogen and oxygen atoms in total. The molecular formula is C31H37NO4. The molecule has 4 fully saturated rings. The molecule has 36 heavy (non-hydrogen) atoms. The number of aliphatic hydroxyl groups is 1. The molecule has 0 saturated heterocycles. The first-order valence-electron chi connectivity index (χ1n) is 13.2. The van der Waals surface area contributed by atoms with Gasteiger partial charge >= 0.3 is 5.97 Å². The van der Waals surface area contributed by atoms with Crippen molar-refractivity contribution < 1.29 is 19.4 Å². The molecule has 4 bridgehead atoms. The van der Waals surface area contributed by atoms with Gasteiger partial charge in [-0.15, -0.1) is 0 Å². The number of hydrogen-bond acceptors (Lipinski definition) is 4. The van der Waals surface area contributed by atoms with Gasteiger partial charge in [-0.1, -0.05) is 54.1 Å². The highest BCUT2D eigenvalue weighted by molar-refractivity contribution is 5.89. The summed E-state index contributed by atoms with van der Waals surface area (Å²) in [6.07, 6.45) is 7.97. The van der Waals surface area contributed by atoms with Crippen LogP contribution in [0.3, 0.4) is 0 Å². The number of nitrogens with one attached hydrogen (secondary N) is 1. The highest BCUT2D eigenvalue weighted by atomic mass is 16.5. The second kappa shape index (κ2) is 9.51. The molecule has 0 aromatic heterocycles. The molecule has 0 radical (unpaired) electrons. The summed E-state index contributed by atoms with van der Waals surface area (Å²) in [6, 6.07) is 15.8. The van der Waals surface area contributed by atoms with Crippen LogP contribution in [0, 0.1) is 24.7 Å². The van der Waals surface area contributed by atoms with Gasteiger partial charge in [0.25, 0.3) is 0 Å². The van der Waals surface area contributed by atoms with Crippen LogP contribution in [0.15, 0.2) is 54.6 Å². The van der Waals surface area contributed by atoms with Gasteiger partial charge < -0.3 is 15.2 Å². The Kier molecular flexibility index (Phi) is 6.54. The zero-order valence-electron chi connectivity index (χ0n) is 21.5. The molecule has 190 valence electrons. The Balaban J connectivity index is 1.25. The SMILES string of the molecule is Cc1cc(/C=C/C(=O)OCc2ccccc2)cc(C(C)(C)C(=O)NC2[C@@H]3CC4C[C@H]2CC(O)(C4)C3)c1. The van der Waals surface area contributed by atoms with E-state index < -0.39 is 17.0 Å². The van der Waals surface area contributed by atoms with E-state index in [1.54, 1.807) is 6.08 Å². The lowest BCUT2D eigenvalue weighted by atomic mass is 9.52. The molecule has 0 aliphatic heterocycles. The second-order valence-corrected chi connectivity index (χ2v) is 11.9. The maximum Gasteiger partial charge on any atom is 0.331 e. The smallest absolute Gasteiger partial charge is 0.331 e. The lowest BCUT2D eigenvalue weighted by Crippen LogP contribution is -2.62. The molecule has 0 spiro atoms. The summed E-state index contributed by atoms with van der Waals surface area (Å²) in [6.45, 7) is 6.16. The van der Waals surface area contributed by atoms with Crippen LogP contribution in [0.1, 0.15) is 68.2 Å². The lowest BCUT2D eigenvalue weighted by molar-refractivity contribution is -0.148. The molecule has 2 aromatic rings. The Bertz CT molecular complexity index is 1150. The Hall–Kier alpha value is -2.92. The average molecular weight is 488 g/mol.